The monoisotopic (exact) mass is 278 g/mol. The molecule has 0 spiro atoms. The molecule has 1 aliphatic carbocycles. The highest BCUT2D eigenvalue weighted by molar-refractivity contribution is 4.95. The van der Waals surface area contributed by atoms with Crippen molar-refractivity contribution in [2.45, 2.75) is 72.4 Å². The van der Waals surface area contributed by atoms with Crippen LogP contribution in [0.15, 0.2) is 6.33 Å². The van der Waals surface area contributed by atoms with Crippen molar-refractivity contribution in [1.29, 1.82) is 0 Å². The van der Waals surface area contributed by atoms with Crippen LogP contribution in [0.5, 0.6) is 0 Å². The molecule has 0 radical (unpaired) electrons. The van der Waals surface area contributed by atoms with E-state index in [4.69, 9.17) is 0 Å². The molecule has 2 rings (SSSR count). The van der Waals surface area contributed by atoms with Gasteiger partial charge in [-0.25, -0.2) is 9.67 Å². The van der Waals surface area contributed by atoms with E-state index < -0.39 is 0 Å². The van der Waals surface area contributed by atoms with Crippen LogP contribution in [-0.2, 0) is 13.0 Å². The SMILES string of the molecule is CCCC(C)(CNC1CC1)Cc1ncnn1CC(C)C. The van der Waals surface area contributed by atoms with Crippen molar-refractivity contribution in [3.05, 3.63) is 12.2 Å². The molecule has 1 aromatic rings. The lowest BCUT2D eigenvalue weighted by Gasteiger charge is -2.29. The lowest BCUT2D eigenvalue weighted by Crippen LogP contribution is -2.35. The van der Waals surface area contributed by atoms with E-state index in [1.54, 1.807) is 6.33 Å². The number of hydrogen-bond donors (Lipinski definition) is 1. The zero-order valence-electron chi connectivity index (χ0n) is 13.5. The van der Waals surface area contributed by atoms with Gasteiger partial charge in [0.05, 0.1) is 0 Å². The summed E-state index contributed by atoms with van der Waals surface area (Å²) in [5.41, 5.74) is 0.291. The van der Waals surface area contributed by atoms with Crippen LogP contribution in [0.1, 0.15) is 59.2 Å². The molecule has 0 amide bonds. The average molecular weight is 278 g/mol. The third-order valence-electron chi connectivity index (χ3n) is 4.07. The molecule has 0 bridgehead atoms. The molecule has 0 aliphatic heterocycles. The van der Waals surface area contributed by atoms with Gasteiger partial charge in [0.15, 0.2) is 0 Å². The molecular weight excluding hydrogens is 248 g/mol. The highest BCUT2D eigenvalue weighted by Crippen LogP contribution is 2.29. The van der Waals surface area contributed by atoms with Crippen molar-refractivity contribution < 1.29 is 0 Å². The second kappa shape index (κ2) is 6.70. The molecular formula is C16H30N4. The number of rotatable bonds is 9. The van der Waals surface area contributed by atoms with E-state index in [0.717, 1.165) is 31.4 Å². The molecule has 1 unspecified atom stereocenters. The smallest absolute Gasteiger partial charge is 0.138 e. The van der Waals surface area contributed by atoms with Crippen molar-refractivity contribution in [1.82, 2.24) is 20.1 Å². The molecule has 4 heteroatoms. The standard InChI is InChI=1S/C16H30N4/c1-5-8-16(4,11-17-14-6-7-14)9-15-18-12-19-20(15)10-13(2)3/h12-14,17H,5-11H2,1-4H3. The summed E-state index contributed by atoms with van der Waals surface area (Å²) < 4.78 is 2.09. The van der Waals surface area contributed by atoms with Crippen LogP contribution in [0.4, 0.5) is 0 Å². The van der Waals surface area contributed by atoms with E-state index in [2.05, 4.69) is 47.8 Å². The number of hydrogen-bond acceptors (Lipinski definition) is 3. The summed E-state index contributed by atoms with van der Waals surface area (Å²) in [6.45, 7) is 11.2. The lowest BCUT2D eigenvalue weighted by atomic mass is 9.81. The molecule has 1 N–H and O–H groups in total. The van der Waals surface area contributed by atoms with Gasteiger partial charge < -0.3 is 5.32 Å². The van der Waals surface area contributed by atoms with Gasteiger partial charge in [-0.1, -0.05) is 34.1 Å². The van der Waals surface area contributed by atoms with Crippen LogP contribution in [0, 0.1) is 11.3 Å². The van der Waals surface area contributed by atoms with E-state index >= 15 is 0 Å². The Morgan fingerprint density at radius 3 is 2.80 bits per heavy atom. The van der Waals surface area contributed by atoms with Crippen molar-refractivity contribution in [2.75, 3.05) is 6.54 Å². The van der Waals surface area contributed by atoms with Gasteiger partial charge in [-0.3, -0.25) is 0 Å². The van der Waals surface area contributed by atoms with Crippen molar-refractivity contribution in [2.24, 2.45) is 11.3 Å². The molecule has 0 saturated heterocycles. The first-order chi connectivity index (χ1) is 9.52. The van der Waals surface area contributed by atoms with Gasteiger partial charge in [-0.2, -0.15) is 5.10 Å². The van der Waals surface area contributed by atoms with E-state index in [9.17, 15) is 0 Å². The molecule has 1 aromatic heterocycles. The van der Waals surface area contributed by atoms with Gasteiger partial charge in [0.2, 0.25) is 0 Å². The molecule has 1 fully saturated rings. The predicted octanol–water partition coefficient (Wildman–Crippen LogP) is 3.04. The maximum Gasteiger partial charge on any atom is 0.138 e. The minimum atomic E-state index is 0.291. The highest BCUT2D eigenvalue weighted by Gasteiger charge is 2.29. The largest absolute Gasteiger partial charge is 0.313 e. The molecule has 20 heavy (non-hydrogen) atoms. The Bertz CT molecular complexity index is 408. The fraction of sp³-hybridized carbons (Fsp3) is 0.875. The zero-order valence-corrected chi connectivity index (χ0v) is 13.5. The third kappa shape index (κ3) is 4.58. The minimum Gasteiger partial charge on any atom is -0.313 e. The maximum atomic E-state index is 4.50. The summed E-state index contributed by atoms with van der Waals surface area (Å²) in [4.78, 5) is 4.50. The Kier molecular flexibility index (Phi) is 5.19. The molecule has 1 atom stereocenters. The topological polar surface area (TPSA) is 42.7 Å². The first-order valence-electron chi connectivity index (χ1n) is 8.12. The number of nitrogens with zero attached hydrogens (tertiary/aromatic N) is 3. The Morgan fingerprint density at radius 2 is 2.20 bits per heavy atom. The van der Waals surface area contributed by atoms with Crippen LogP contribution in [0.25, 0.3) is 0 Å². The lowest BCUT2D eigenvalue weighted by molar-refractivity contribution is 0.262. The second-order valence-corrected chi connectivity index (χ2v) is 7.14. The van der Waals surface area contributed by atoms with Crippen molar-refractivity contribution in [3.63, 3.8) is 0 Å². The zero-order chi connectivity index (χ0) is 14.6. The molecule has 1 aliphatic rings. The van der Waals surface area contributed by atoms with Gasteiger partial charge in [0, 0.05) is 25.6 Å². The second-order valence-electron chi connectivity index (χ2n) is 7.14. The van der Waals surface area contributed by atoms with Gasteiger partial charge in [0.25, 0.3) is 0 Å². The first kappa shape index (κ1) is 15.5. The Hall–Kier alpha value is -0.900. The molecule has 4 nitrogen and oxygen atoms in total. The molecule has 0 aromatic carbocycles. The molecule has 114 valence electrons. The van der Waals surface area contributed by atoms with Gasteiger partial charge in [-0.15, -0.1) is 0 Å². The predicted molar refractivity (Wildman–Crippen MR) is 82.6 cm³/mol. The average Bonchev–Trinajstić information content (AvgIpc) is 3.11. The van der Waals surface area contributed by atoms with Crippen LogP contribution in [0.2, 0.25) is 0 Å². The Morgan fingerprint density at radius 1 is 1.45 bits per heavy atom. The quantitative estimate of drug-likeness (QED) is 0.755. The van der Waals surface area contributed by atoms with E-state index in [1.807, 2.05) is 0 Å². The summed E-state index contributed by atoms with van der Waals surface area (Å²) in [7, 11) is 0. The van der Waals surface area contributed by atoms with Crippen LogP contribution in [-0.4, -0.2) is 27.4 Å². The fourth-order valence-corrected chi connectivity index (χ4v) is 2.83. The summed E-state index contributed by atoms with van der Waals surface area (Å²) in [5, 5.41) is 8.09. The van der Waals surface area contributed by atoms with Crippen LogP contribution >= 0.6 is 0 Å². The summed E-state index contributed by atoms with van der Waals surface area (Å²) in [6.07, 6.45) is 7.89. The van der Waals surface area contributed by atoms with Crippen LogP contribution < -0.4 is 5.32 Å². The van der Waals surface area contributed by atoms with E-state index in [1.165, 1.54) is 25.7 Å². The van der Waals surface area contributed by atoms with Gasteiger partial charge in [-0.05, 0) is 30.6 Å². The van der Waals surface area contributed by atoms with Gasteiger partial charge >= 0.3 is 0 Å². The van der Waals surface area contributed by atoms with E-state index in [0.29, 0.717) is 11.3 Å². The third-order valence-corrected chi connectivity index (χ3v) is 4.07. The van der Waals surface area contributed by atoms with E-state index in [-0.39, 0.29) is 0 Å². The molecule has 1 heterocycles. The van der Waals surface area contributed by atoms with Gasteiger partial charge in [0.1, 0.15) is 12.2 Å². The number of nitrogens with one attached hydrogen (secondary N) is 1. The van der Waals surface area contributed by atoms with Crippen LogP contribution in [0.3, 0.4) is 0 Å². The molecule has 1 saturated carbocycles. The Balaban J connectivity index is 2.00. The fourth-order valence-electron chi connectivity index (χ4n) is 2.83. The maximum absolute atomic E-state index is 4.50. The van der Waals surface area contributed by atoms with Crippen molar-refractivity contribution in [3.8, 4) is 0 Å². The number of aromatic nitrogens is 3. The first-order valence-corrected chi connectivity index (χ1v) is 8.12. The normalized spacial score (nSPS) is 18.4. The minimum absolute atomic E-state index is 0.291. The highest BCUT2D eigenvalue weighted by atomic mass is 15.3. The summed E-state index contributed by atoms with van der Waals surface area (Å²) in [6, 6.07) is 0.778. The summed E-state index contributed by atoms with van der Waals surface area (Å²) in [5.74, 6) is 1.75. The summed E-state index contributed by atoms with van der Waals surface area (Å²) >= 11 is 0. The van der Waals surface area contributed by atoms with Crippen molar-refractivity contribution >= 4 is 0 Å². The Labute approximate surface area is 123 Å².